The Hall–Kier alpha value is -7.36. The van der Waals surface area contributed by atoms with Crippen molar-refractivity contribution in [3.8, 4) is 33.4 Å². The van der Waals surface area contributed by atoms with E-state index in [2.05, 4.69) is 210 Å². The van der Waals surface area contributed by atoms with Gasteiger partial charge in [0.15, 0.2) is 0 Å². The van der Waals surface area contributed by atoms with Crippen molar-refractivity contribution >= 4 is 61.1 Å². The summed E-state index contributed by atoms with van der Waals surface area (Å²) in [5.41, 5.74) is 14.0. The van der Waals surface area contributed by atoms with Crippen LogP contribution in [0.15, 0.2) is 217 Å². The van der Waals surface area contributed by atoms with E-state index in [0.717, 1.165) is 61.5 Å². The van der Waals surface area contributed by atoms with Gasteiger partial charge in [-0.05, 0) is 99.8 Å². The minimum absolute atomic E-state index is 0.904. The predicted octanol–water partition coefficient (Wildman–Crippen LogP) is 15.0. The quantitative estimate of drug-likeness (QED) is 0.171. The molecule has 0 bridgehead atoms. The van der Waals surface area contributed by atoms with Crippen LogP contribution in [0.2, 0.25) is 0 Å². The molecule has 3 nitrogen and oxygen atoms in total. The maximum Gasteiger partial charge on any atom is 0.143 e. The second-order valence-electron chi connectivity index (χ2n) is 13.9. The van der Waals surface area contributed by atoms with Crippen LogP contribution < -0.4 is 10.2 Å². The maximum absolute atomic E-state index is 6.40. The summed E-state index contributed by atoms with van der Waals surface area (Å²) < 4.78 is 6.40. The topological polar surface area (TPSA) is 28.4 Å². The van der Waals surface area contributed by atoms with E-state index in [1.54, 1.807) is 0 Å². The molecule has 0 aliphatic carbocycles. The number of para-hydroxylation sites is 3. The fourth-order valence-electron chi connectivity index (χ4n) is 7.69. The molecule has 10 rings (SSSR count). The van der Waals surface area contributed by atoms with Crippen molar-refractivity contribution in [2.45, 2.75) is 0 Å². The molecule has 0 atom stereocenters. The van der Waals surface area contributed by atoms with E-state index in [1.165, 1.54) is 33.0 Å². The molecule has 1 N–H and O–H groups in total. The molecule has 260 valence electrons. The predicted molar refractivity (Wildman–Crippen MR) is 232 cm³/mol. The van der Waals surface area contributed by atoms with Crippen molar-refractivity contribution in [3.05, 3.63) is 212 Å². The Morgan fingerprint density at radius 2 is 0.927 bits per heavy atom. The van der Waals surface area contributed by atoms with E-state index in [4.69, 9.17) is 4.42 Å². The van der Waals surface area contributed by atoms with Gasteiger partial charge in [-0.3, -0.25) is 0 Å². The monoisotopic (exact) mass is 704 g/mol. The minimum Gasteiger partial charge on any atom is -0.455 e. The molecular formula is C52H36N2O. The number of fused-ring (bicyclic) bond motifs is 4. The lowest BCUT2D eigenvalue weighted by Crippen LogP contribution is -2.10. The van der Waals surface area contributed by atoms with Gasteiger partial charge in [0.25, 0.3) is 0 Å². The molecule has 0 fully saturated rings. The average Bonchev–Trinajstić information content (AvgIpc) is 3.64. The van der Waals surface area contributed by atoms with Crippen molar-refractivity contribution in [3.63, 3.8) is 0 Å². The van der Waals surface area contributed by atoms with Crippen LogP contribution in [0.1, 0.15) is 0 Å². The zero-order valence-corrected chi connectivity index (χ0v) is 30.1. The zero-order chi connectivity index (χ0) is 36.6. The molecule has 3 heteroatoms. The van der Waals surface area contributed by atoms with Gasteiger partial charge in [0.1, 0.15) is 11.2 Å². The first-order valence-electron chi connectivity index (χ1n) is 18.7. The van der Waals surface area contributed by atoms with E-state index in [1.807, 2.05) is 12.1 Å². The highest BCUT2D eigenvalue weighted by Crippen LogP contribution is 2.40. The number of furan rings is 1. The van der Waals surface area contributed by atoms with Gasteiger partial charge in [-0.1, -0.05) is 146 Å². The summed E-state index contributed by atoms with van der Waals surface area (Å²) in [6.07, 6.45) is 0. The number of benzene rings is 9. The van der Waals surface area contributed by atoms with Crippen LogP contribution >= 0.6 is 0 Å². The Labute approximate surface area is 320 Å². The molecule has 0 aliphatic rings. The van der Waals surface area contributed by atoms with Crippen molar-refractivity contribution in [2.24, 2.45) is 0 Å². The molecule has 55 heavy (non-hydrogen) atoms. The van der Waals surface area contributed by atoms with Crippen molar-refractivity contribution in [1.29, 1.82) is 0 Å². The fourth-order valence-corrected chi connectivity index (χ4v) is 7.69. The number of hydrogen-bond acceptors (Lipinski definition) is 3. The van der Waals surface area contributed by atoms with E-state index in [-0.39, 0.29) is 0 Å². The van der Waals surface area contributed by atoms with Crippen molar-refractivity contribution in [1.82, 2.24) is 0 Å². The van der Waals surface area contributed by atoms with Crippen LogP contribution in [0.3, 0.4) is 0 Å². The molecule has 0 amide bonds. The number of hydrogen-bond donors (Lipinski definition) is 1. The van der Waals surface area contributed by atoms with Gasteiger partial charge in [-0.2, -0.15) is 0 Å². The molecule has 9 aromatic carbocycles. The summed E-state index contributed by atoms with van der Waals surface area (Å²) in [6, 6.07) is 75.2. The van der Waals surface area contributed by atoms with E-state index in [9.17, 15) is 0 Å². The summed E-state index contributed by atoms with van der Waals surface area (Å²) in [4.78, 5) is 2.32. The molecule has 10 aromatic rings. The average molecular weight is 705 g/mol. The van der Waals surface area contributed by atoms with Gasteiger partial charge in [0, 0.05) is 50.3 Å². The van der Waals surface area contributed by atoms with Crippen LogP contribution in [-0.4, -0.2) is 0 Å². The Morgan fingerprint density at radius 1 is 0.364 bits per heavy atom. The molecule has 0 unspecified atom stereocenters. The summed E-state index contributed by atoms with van der Waals surface area (Å²) in [7, 11) is 0. The Bertz CT molecular complexity index is 2930. The molecule has 0 radical (unpaired) electrons. The van der Waals surface area contributed by atoms with Gasteiger partial charge in [-0.15, -0.1) is 0 Å². The maximum atomic E-state index is 6.40. The summed E-state index contributed by atoms with van der Waals surface area (Å²) in [6.45, 7) is 0. The largest absolute Gasteiger partial charge is 0.455 e. The summed E-state index contributed by atoms with van der Waals surface area (Å²) >= 11 is 0. The molecule has 0 saturated carbocycles. The zero-order valence-electron chi connectivity index (χ0n) is 30.1. The molecular weight excluding hydrogens is 669 g/mol. The van der Waals surface area contributed by atoms with Gasteiger partial charge >= 0.3 is 0 Å². The van der Waals surface area contributed by atoms with Crippen molar-refractivity contribution < 1.29 is 4.42 Å². The highest BCUT2D eigenvalue weighted by atomic mass is 16.3. The first-order valence-corrected chi connectivity index (χ1v) is 18.7. The number of nitrogens with one attached hydrogen (secondary N) is 1. The SMILES string of the molecule is c1ccc(-c2ccccc2Nc2ccc(N(c3ccc(-c4ccc5ccccc5c4)cc3)c3ccc(-c4cccc5c4oc4ccccc45)cc3)cc2)cc1. The second kappa shape index (κ2) is 13.9. The Balaban J connectivity index is 1.01. The third-order valence-corrected chi connectivity index (χ3v) is 10.5. The van der Waals surface area contributed by atoms with Gasteiger partial charge in [0.2, 0.25) is 0 Å². The molecule has 0 spiro atoms. The highest BCUT2D eigenvalue weighted by molar-refractivity contribution is 6.09. The standard InChI is InChI=1S/C52H36N2O/c1-2-12-38(13-3-1)46-15-6-8-19-50(46)53-42-27-33-45(34-28-42)54(43-29-23-37(24-30-43)41-22-21-36-11-4-5-14-40(36)35-41)44-31-25-39(26-32-44)47-17-10-18-49-48-16-7-9-20-51(48)55-52(47)49/h1-35,53H. The third-order valence-electron chi connectivity index (χ3n) is 10.5. The van der Waals surface area contributed by atoms with Crippen LogP contribution in [0.4, 0.5) is 28.4 Å². The second-order valence-corrected chi connectivity index (χ2v) is 13.9. The number of anilines is 5. The Kier molecular flexibility index (Phi) is 8.16. The van der Waals surface area contributed by atoms with Gasteiger partial charge in [-0.25, -0.2) is 0 Å². The molecule has 0 saturated heterocycles. The lowest BCUT2D eigenvalue weighted by molar-refractivity contribution is 0.670. The lowest BCUT2D eigenvalue weighted by atomic mass is 10.0. The Morgan fingerprint density at radius 3 is 1.71 bits per heavy atom. The number of nitrogens with zero attached hydrogens (tertiary/aromatic N) is 1. The fraction of sp³-hybridized carbons (Fsp3) is 0. The van der Waals surface area contributed by atoms with Gasteiger partial charge < -0.3 is 14.6 Å². The van der Waals surface area contributed by atoms with E-state index < -0.39 is 0 Å². The van der Waals surface area contributed by atoms with Crippen LogP contribution in [0.25, 0.3) is 66.1 Å². The molecule has 1 heterocycles. The van der Waals surface area contributed by atoms with Crippen molar-refractivity contribution in [2.75, 3.05) is 10.2 Å². The van der Waals surface area contributed by atoms with Crippen LogP contribution in [0.5, 0.6) is 0 Å². The molecule has 0 aliphatic heterocycles. The first-order chi connectivity index (χ1) is 27.2. The van der Waals surface area contributed by atoms with E-state index in [0.29, 0.717) is 0 Å². The summed E-state index contributed by atoms with van der Waals surface area (Å²) in [5, 5.41) is 8.43. The highest BCUT2D eigenvalue weighted by Gasteiger charge is 2.16. The van der Waals surface area contributed by atoms with Crippen LogP contribution in [-0.2, 0) is 0 Å². The first kappa shape index (κ1) is 32.3. The minimum atomic E-state index is 0.904. The third kappa shape index (κ3) is 6.18. The number of rotatable bonds is 8. The smallest absolute Gasteiger partial charge is 0.143 e. The van der Waals surface area contributed by atoms with E-state index >= 15 is 0 Å². The molecule has 1 aromatic heterocycles. The van der Waals surface area contributed by atoms with Gasteiger partial charge in [0.05, 0.1) is 0 Å². The normalized spacial score (nSPS) is 11.3. The summed E-state index contributed by atoms with van der Waals surface area (Å²) in [5.74, 6) is 0. The van der Waals surface area contributed by atoms with Crippen LogP contribution in [0, 0.1) is 0 Å². The lowest BCUT2D eigenvalue weighted by Gasteiger charge is -2.26.